The molecule has 0 aliphatic heterocycles. The van der Waals surface area contributed by atoms with Crippen molar-refractivity contribution < 1.29 is 14.5 Å². The van der Waals surface area contributed by atoms with Gasteiger partial charge in [0.25, 0.3) is 11.8 Å². The maximum absolute atomic E-state index is 12.4. The van der Waals surface area contributed by atoms with Gasteiger partial charge in [-0.3, -0.25) is 9.59 Å². The highest BCUT2D eigenvalue weighted by Gasteiger charge is 2.21. The number of quaternary nitrogens is 1. The number of rotatable bonds is 7. The van der Waals surface area contributed by atoms with E-state index in [2.05, 4.69) is 15.7 Å². The van der Waals surface area contributed by atoms with Gasteiger partial charge in [0, 0.05) is 11.8 Å². The first-order chi connectivity index (χ1) is 13.4. The number of carbonyl (C=O) groups excluding carboxylic acids is 2. The van der Waals surface area contributed by atoms with Crippen molar-refractivity contribution in [3.8, 4) is 0 Å². The van der Waals surface area contributed by atoms with Crippen LogP contribution in [0, 0.1) is 13.8 Å². The van der Waals surface area contributed by atoms with Crippen LogP contribution in [0.25, 0.3) is 0 Å². The van der Waals surface area contributed by atoms with E-state index < -0.39 is 0 Å². The molecule has 1 fully saturated rings. The molecule has 2 amide bonds. The number of nitrogens with one attached hydrogen (secondary N) is 3. The molecule has 3 rings (SSSR count). The molecule has 7 heteroatoms. The second kappa shape index (κ2) is 9.01. The number of hydrogen-bond acceptors (Lipinski definition) is 3. The number of amides is 2. The fourth-order valence-corrected chi connectivity index (χ4v) is 3.85. The number of hydrogen-bond donors (Lipinski definition) is 3. The fraction of sp³-hybridized carbons (Fsp3) is 0.476. The van der Waals surface area contributed by atoms with Crippen LogP contribution in [-0.4, -0.2) is 41.7 Å². The van der Waals surface area contributed by atoms with Gasteiger partial charge in [-0.2, -0.15) is 5.10 Å². The van der Waals surface area contributed by atoms with Crippen molar-refractivity contribution in [1.29, 1.82) is 0 Å². The molecule has 1 aromatic carbocycles. The van der Waals surface area contributed by atoms with Gasteiger partial charge in [0.15, 0.2) is 13.1 Å². The Bertz CT molecular complexity index is 819. The Balaban J connectivity index is 1.51. The Hall–Kier alpha value is -2.67. The van der Waals surface area contributed by atoms with E-state index >= 15 is 0 Å². The second-order valence-corrected chi connectivity index (χ2v) is 7.77. The van der Waals surface area contributed by atoms with E-state index in [4.69, 9.17) is 0 Å². The monoisotopic (exact) mass is 384 g/mol. The van der Waals surface area contributed by atoms with E-state index in [9.17, 15) is 9.59 Å². The number of para-hydroxylation sites is 1. The van der Waals surface area contributed by atoms with Crippen molar-refractivity contribution in [2.24, 2.45) is 0 Å². The van der Waals surface area contributed by atoms with Gasteiger partial charge in [-0.1, -0.05) is 31.0 Å². The molecule has 0 spiro atoms. The molecule has 28 heavy (non-hydrogen) atoms. The smallest absolute Gasteiger partial charge is 0.280 e. The van der Waals surface area contributed by atoms with Crippen molar-refractivity contribution >= 4 is 23.3 Å². The van der Waals surface area contributed by atoms with Crippen LogP contribution in [0.15, 0.2) is 30.5 Å². The summed E-state index contributed by atoms with van der Waals surface area (Å²) < 4.78 is 1.92. The largest absolute Gasteiger partial charge is 0.322 e. The third-order valence-electron chi connectivity index (χ3n) is 5.28. The van der Waals surface area contributed by atoms with Crippen molar-refractivity contribution in [3.05, 3.63) is 41.6 Å². The Morgan fingerprint density at radius 3 is 2.32 bits per heavy atom. The molecule has 1 aliphatic rings. The van der Waals surface area contributed by atoms with Gasteiger partial charge in [0.2, 0.25) is 0 Å². The van der Waals surface area contributed by atoms with Gasteiger partial charge in [-0.15, -0.1) is 0 Å². The summed E-state index contributed by atoms with van der Waals surface area (Å²) in [5.41, 5.74) is 2.91. The molecule has 0 saturated heterocycles. The van der Waals surface area contributed by atoms with Gasteiger partial charge in [0.1, 0.15) is 5.82 Å². The van der Waals surface area contributed by atoms with E-state index in [1.165, 1.54) is 12.8 Å². The number of aryl methyl sites for hydroxylation is 2. The minimum absolute atomic E-state index is 0.0984. The predicted molar refractivity (Wildman–Crippen MR) is 110 cm³/mol. The van der Waals surface area contributed by atoms with Crippen LogP contribution >= 0.6 is 0 Å². The Morgan fingerprint density at radius 1 is 1.07 bits per heavy atom. The van der Waals surface area contributed by atoms with Gasteiger partial charge in [0.05, 0.1) is 19.3 Å². The number of nitrogens with zero attached hydrogens (tertiary/aromatic N) is 2. The highest BCUT2D eigenvalue weighted by atomic mass is 16.2. The first-order valence-corrected chi connectivity index (χ1v) is 9.94. The lowest BCUT2D eigenvalue weighted by Crippen LogP contribution is -3.11. The minimum atomic E-state index is -0.114. The Labute approximate surface area is 166 Å². The summed E-state index contributed by atoms with van der Waals surface area (Å²) in [4.78, 5) is 25.6. The quantitative estimate of drug-likeness (QED) is 0.680. The number of carbonyl (C=O) groups is 2. The van der Waals surface area contributed by atoms with Crippen LogP contribution < -0.4 is 15.5 Å². The molecular weight excluding hydrogens is 354 g/mol. The summed E-state index contributed by atoms with van der Waals surface area (Å²) in [6, 6.07) is 8.12. The molecule has 1 aliphatic carbocycles. The molecular formula is C21H30N5O2+. The summed E-state index contributed by atoms with van der Waals surface area (Å²) >= 11 is 0. The summed E-state index contributed by atoms with van der Waals surface area (Å²) in [5.74, 6) is 0.528. The highest BCUT2D eigenvalue weighted by Crippen LogP contribution is 2.31. The van der Waals surface area contributed by atoms with Crippen LogP contribution in [0.4, 0.5) is 11.5 Å². The molecule has 150 valence electrons. The van der Waals surface area contributed by atoms with Crippen molar-refractivity contribution in [2.45, 2.75) is 45.6 Å². The molecule has 0 bridgehead atoms. The molecule has 7 nitrogen and oxygen atoms in total. The lowest BCUT2D eigenvalue weighted by molar-refractivity contribution is -0.862. The third-order valence-corrected chi connectivity index (χ3v) is 5.28. The van der Waals surface area contributed by atoms with Crippen LogP contribution in [-0.2, 0) is 9.59 Å². The average Bonchev–Trinajstić information content (AvgIpc) is 3.29. The summed E-state index contributed by atoms with van der Waals surface area (Å²) in [6.07, 6.45) is 6.35. The molecule has 3 N–H and O–H groups in total. The standard InChI is InChI=1S/C21H29N5O2/c1-15-7-6-8-16(2)21(15)24-20(28)14-25(3)13-19(27)23-18-11-12-22-26(18)17-9-4-5-10-17/h6-8,11-12,17H,4-5,9-10,13-14H2,1-3H3,(H,23,27)(H,24,28)/p+1. The van der Waals surface area contributed by atoms with E-state index in [1.807, 2.05) is 49.8 Å². The van der Waals surface area contributed by atoms with Crippen molar-refractivity contribution in [1.82, 2.24) is 9.78 Å². The fourth-order valence-electron chi connectivity index (χ4n) is 3.85. The first kappa shape index (κ1) is 20.1. The van der Waals surface area contributed by atoms with Crippen LogP contribution in [0.3, 0.4) is 0 Å². The zero-order chi connectivity index (χ0) is 20.1. The van der Waals surface area contributed by atoms with E-state index in [1.54, 1.807) is 6.20 Å². The number of likely N-dealkylation sites (N-methyl/N-ethyl adjacent to an activating group) is 1. The first-order valence-electron chi connectivity index (χ1n) is 9.94. The second-order valence-electron chi connectivity index (χ2n) is 7.77. The maximum atomic E-state index is 12.4. The highest BCUT2D eigenvalue weighted by molar-refractivity contribution is 5.93. The molecule has 1 heterocycles. The maximum Gasteiger partial charge on any atom is 0.280 e. The van der Waals surface area contributed by atoms with Crippen molar-refractivity contribution in [3.63, 3.8) is 0 Å². The molecule has 2 aromatic rings. The lowest BCUT2D eigenvalue weighted by Gasteiger charge is -2.17. The zero-order valence-electron chi connectivity index (χ0n) is 16.9. The SMILES string of the molecule is Cc1cccc(C)c1NC(=O)C[NH+](C)CC(=O)Nc1ccnn1C1CCCC1. The molecule has 0 radical (unpaired) electrons. The van der Waals surface area contributed by atoms with E-state index in [-0.39, 0.29) is 24.9 Å². The van der Waals surface area contributed by atoms with Gasteiger partial charge in [-0.25, -0.2) is 4.68 Å². The third kappa shape index (κ3) is 4.98. The summed E-state index contributed by atoms with van der Waals surface area (Å²) in [6.45, 7) is 4.39. The predicted octanol–water partition coefficient (Wildman–Crippen LogP) is 1.71. The number of benzene rings is 1. The molecule has 1 saturated carbocycles. The number of anilines is 2. The van der Waals surface area contributed by atoms with Crippen LogP contribution in [0.2, 0.25) is 0 Å². The van der Waals surface area contributed by atoms with Crippen LogP contribution in [0.1, 0.15) is 42.9 Å². The Morgan fingerprint density at radius 2 is 1.68 bits per heavy atom. The summed E-state index contributed by atoms with van der Waals surface area (Å²) in [5, 5.41) is 10.3. The summed E-state index contributed by atoms with van der Waals surface area (Å²) in [7, 11) is 1.85. The van der Waals surface area contributed by atoms with E-state index in [0.717, 1.165) is 40.4 Å². The normalized spacial score (nSPS) is 15.4. The topological polar surface area (TPSA) is 80.5 Å². The van der Waals surface area contributed by atoms with Crippen LogP contribution in [0.5, 0.6) is 0 Å². The molecule has 1 atom stereocenters. The number of aromatic nitrogens is 2. The Kier molecular flexibility index (Phi) is 6.46. The van der Waals surface area contributed by atoms with Gasteiger partial charge in [-0.05, 0) is 37.8 Å². The van der Waals surface area contributed by atoms with E-state index in [0.29, 0.717) is 6.04 Å². The van der Waals surface area contributed by atoms with Crippen molar-refractivity contribution in [2.75, 3.05) is 30.8 Å². The minimum Gasteiger partial charge on any atom is -0.322 e. The van der Waals surface area contributed by atoms with Gasteiger partial charge < -0.3 is 15.5 Å². The zero-order valence-corrected chi connectivity index (χ0v) is 16.9. The average molecular weight is 385 g/mol. The molecule has 1 aromatic heterocycles. The lowest BCUT2D eigenvalue weighted by atomic mass is 10.1. The van der Waals surface area contributed by atoms with Gasteiger partial charge >= 0.3 is 0 Å². The molecule has 1 unspecified atom stereocenters.